The number of carbonyl (C=O) groups is 1. The van der Waals surface area contributed by atoms with Gasteiger partial charge in [0.1, 0.15) is 5.69 Å². The monoisotopic (exact) mass is 420 g/mol. The summed E-state index contributed by atoms with van der Waals surface area (Å²) >= 11 is 0. The summed E-state index contributed by atoms with van der Waals surface area (Å²) in [5.74, 6) is 0. The Balaban J connectivity index is 0.00000242. The normalized spacial score (nSPS) is 21.6. The van der Waals surface area contributed by atoms with Gasteiger partial charge in [0.2, 0.25) is 0 Å². The smallest absolute Gasteiger partial charge is 0.152 e. The van der Waals surface area contributed by atoms with Gasteiger partial charge in [-0.25, -0.2) is 0 Å². The lowest BCUT2D eigenvalue weighted by Gasteiger charge is -2.39. The van der Waals surface area contributed by atoms with E-state index in [-0.39, 0.29) is 41.9 Å². The molecule has 7 heteroatoms. The maximum absolute atomic E-state index is 11.3. The molecule has 0 bridgehead atoms. The first-order chi connectivity index (χ1) is 10.0. The summed E-state index contributed by atoms with van der Waals surface area (Å²) in [5, 5.41) is 20.5. The number of hydrogen-bond donors (Lipinski definition) is 1. The summed E-state index contributed by atoms with van der Waals surface area (Å²) in [7, 11) is 0. The number of nitrogens with one attached hydrogen (secondary N) is 1. The molecule has 0 unspecified atom stereocenters. The van der Waals surface area contributed by atoms with E-state index in [0.717, 1.165) is 18.5 Å². The van der Waals surface area contributed by atoms with E-state index < -0.39 is 5.23 Å². The number of carbonyl (C=O) groups excluding carboxylic acids is 1. The van der Waals surface area contributed by atoms with Gasteiger partial charge in [0, 0.05) is 36.5 Å². The standard InChI is InChI=1S/C15H21N2O4.HI/c1-3-4-14-9-16(8-11(2)21-14)15-6-5-13(17(19)20)7-12(15)10-18;/h5-7,10-11,14,17H,3-4,8-9H2,1-2H3;1H/q-1;/p-1/t11-,14+;/m0./s1. The second-order valence-corrected chi connectivity index (χ2v) is 5.44. The number of hydrogen-bond acceptors (Lipinski definition) is 5. The van der Waals surface area contributed by atoms with Gasteiger partial charge in [-0.15, -0.1) is 0 Å². The lowest BCUT2D eigenvalue weighted by Crippen LogP contribution is -3.00. The number of halogens is 1. The molecule has 0 aliphatic carbocycles. The summed E-state index contributed by atoms with van der Waals surface area (Å²) in [4.78, 5) is 13.4. The fourth-order valence-electron chi connectivity index (χ4n) is 2.79. The molecular weight excluding hydrogens is 399 g/mol. The van der Waals surface area contributed by atoms with Crippen LogP contribution in [0.2, 0.25) is 0 Å². The first-order valence-electron chi connectivity index (χ1n) is 7.26. The number of quaternary nitrogens is 1. The van der Waals surface area contributed by atoms with Gasteiger partial charge < -0.3 is 49.3 Å². The third-order valence-corrected chi connectivity index (χ3v) is 3.67. The van der Waals surface area contributed by atoms with Gasteiger partial charge in [-0.1, -0.05) is 13.3 Å². The first kappa shape index (κ1) is 19.3. The molecule has 0 amide bonds. The molecule has 0 aromatic heterocycles. The molecule has 1 saturated heterocycles. The van der Waals surface area contributed by atoms with Crippen LogP contribution < -0.4 is 34.1 Å². The van der Waals surface area contributed by atoms with Gasteiger partial charge >= 0.3 is 0 Å². The molecule has 1 N–H and O–H groups in total. The van der Waals surface area contributed by atoms with Crippen LogP contribution in [0.4, 0.5) is 11.4 Å². The van der Waals surface area contributed by atoms with Crippen LogP contribution in [0.15, 0.2) is 18.2 Å². The number of anilines is 1. The van der Waals surface area contributed by atoms with Crippen LogP contribution in [0.1, 0.15) is 37.0 Å². The highest BCUT2D eigenvalue weighted by Gasteiger charge is 2.26. The van der Waals surface area contributed by atoms with E-state index in [9.17, 15) is 15.2 Å². The van der Waals surface area contributed by atoms with E-state index in [0.29, 0.717) is 24.9 Å². The van der Waals surface area contributed by atoms with Crippen LogP contribution >= 0.6 is 0 Å². The lowest BCUT2D eigenvalue weighted by atomic mass is 10.1. The second-order valence-electron chi connectivity index (χ2n) is 5.44. The van der Waals surface area contributed by atoms with Crippen molar-refractivity contribution in [3.63, 3.8) is 0 Å². The Kier molecular flexibility index (Phi) is 7.70. The number of rotatable bonds is 5. The van der Waals surface area contributed by atoms with Crippen molar-refractivity contribution in [2.24, 2.45) is 0 Å². The molecule has 1 aromatic carbocycles. The SMILES string of the molecule is CCC[C@@H]1CN(c2ccc([NH+]([O-])[O-])cc2C=O)C[C@H](C)O1.[I-]. The Morgan fingerprint density at radius 1 is 1.41 bits per heavy atom. The van der Waals surface area contributed by atoms with Gasteiger partial charge in [-0.2, -0.15) is 0 Å². The van der Waals surface area contributed by atoms with E-state index in [1.165, 1.54) is 12.1 Å². The predicted molar refractivity (Wildman–Crippen MR) is 80.6 cm³/mol. The van der Waals surface area contributed by atoms with Crippen LogP contribution in [0.3, 0.4) is 0 Å². The largest absolute Gasteiger partial charge is 1.00 e. The minimum absolute atomic E-state index is 0. The molecule has 0 spiro atoms. The van der Waals surface area contributed by atoms with E-state index in [1.807, 2.05) is 6.92 Å². The second kappa shape index (κ2) is 8.78. The van der Waals surface area contributed by atoms with E-state index in [4.69, 9.17) is 4.74 Å². The number of morpholine rings is 1. The molecule has 124 valence electrons. The summed E-state index contributed by atoms with van der Waals surface area (Å²) in [6.07, 6.45) is 2.91. The van der Waals surface area contributed by atoms with E-state index in [1.54, 1.807) is 6.07 Å². The Hall–Kier alpha value is -0.740. The molecule has 2 atom stereocenters. The van der Waals surface area contributed by atoms with Crippen molar-refractivity contribution >= 4 is 17.7 Å². The number of ether oxygens (including phenoxy) is 1. The maximum Gasteiger partial charge on any atom is 0.152 e. The summed E-state index contributed by atoms with van der Waals surface area (Å²) < 4.78 is 5.88. The molecule has 1 heterocycles. The zero-order valence-corrected chi connectivity index (χ0v) is 14.9. The summed E-state index contributed by atoms with van der Waals surface area (Å²) in [6.45, 7) is 5.51. The molecule has 1 aliphatic heterocycles. The van der Waals surface area contributed by atoms with Crippen molar-refractivity contribution in [2.75, 3.05) is 18.0 Å². The highest BCUT2D eigenvalue weighted by molar-refractivity contribution is 5.86. The average Bonchev–Trinajstić information content (AvgIpc) is 2.46. The van der Waals surface area contributed by atoms with Gasteiger partial charge in [0.05, 0.1) is 12.2 Å². The predicted octanol–water partition coefficient (Wildman–Crippen LogP) is -1.59. The van der Waals surface area contributed by atoms with Crippen LogP contribution in [0, 0.1) is 10.4 Å². The molecular formula is C15H21IN2O4-2. The molecule has 1 fully saturated rings. The van der Waals surface area contributed by atoms with Crippen LogP contribution in [-0.2, 0) is 4.74 Å². The summed E-state index contributed by atoms with van der Waals surface area (Å²) in [5.41, 5.74) is 1.15. The molecule has 1 aliphatic rings. The third kappa shape index (κ3) is 4.63. The van der Waals surface area contributed by atoms with Gasteiger partial charge in [0.25, 0.3) is 0 Å². The Labute approximate surface area is 147 Å². The quantitative estimate of drug-likeness (QED) is 0.353. The number of aldehydes is 1. The highest BCUT2D eigenvalue weighted by atomic mass is 127. The van der Waals surface area contributed by atoms with Gasteiger partial charge in [-0.05, 0) is 19.4 Å². The number of benzene rings is 1. The Bertz CT molecular complexity index is 498. The molecule has 0 radical (unpaired) electrons. The minimum atomic E-state index is -1.27. The molecule has 0 saturated carbocycles. The van der Waals surface area contributed by atoms with Crippen molar-refractivity contribution in [1.29, 1.82) is 0 Å². The first-order valence-corrected chi connectivity index (χ1v) is 7.26. The fourth-order valence-corrected chi connectivity index (χ4v) is 2.79. The molecule has 2 rings (SSSR count). The average molecular weight is 420 g/mol. The Morgan fingerprint density at radius 2 is 2.14 bits per heavy atom. The van der Waals surface area contributed by atoms with Gasteiger partial charge in [-0.3, -0.25) is 4.79 Å². The summed E-state index contributed by atoms with van der Waals surface area (Å²) in [6, 6.07) is 4.52. The van der Waals surface area contributed by atoms with Crippen molar-refractivity contribution in [2.45, 2.75) is 38.9 Å². The van der Waals surface area contributed by atoms with E-state index in [2.05, 4.69) is 11.8 Å². The lowest BCUT2D eigenvalue weighted by molar-refractivity contribution is -0.715. The van der Waals surface area contributed by atoms with E-state index >= 15 is 0 Å². The van der Waals surface area contributed by atoms with Crippen molar-refractivity contribution in [3.05, 3.63) is 34.2 Å². The van der Waals surface area contributed by atoms with Gasteiger partial charge in [0.15, 0.2) is 6.29 Å². The molecule has 1 aromatic rings. The van der Waals surface area contributed by atoms with Crippen LogP contribution in [0.5, 0.6) is 0 Å². The maximum atomic E-state index is 11.3. The van der Waals surface area contributed by atoms with Crippen LogP contribution in [-0.4, -0.2) is 31.6 Å². The number of nitrogens with zero attached hydrogens (tertiary/aromatic N) is 1. The minimum Gasteiger partial charge on any atom is -1.00 e. The third-order valence-electron chi connectivity index (χ3n) is 3.67. The zero-order chi connectivity index (χ0) is 15.4. The molecule has 6 nitrogen and oxygen atoms in total. The molecule has 22 heavy (non-hydrogen) atoms. The highest BCUT2D eigenvalue weighted by Crippen LogP contribution is 2.26. The van der Waals surface area contributed by atoms with Crippen molar-refractivity contribution < 1.29 is 38.7 Å². The van der Waals surface area contributed by atoms with Crippen molar-refractivity contribution in [3.8, 4) is 0 Å². The Morgan fingerprint density at radius 3 is 2.73 bits per heavy atom. The van der Waals surface area contributed by atoms with Crippen molar-refractivity contribution in [1.82, 2.24) is 0 Å². The topological polar surface area (TPSA) is 80.1 Å². The zero-order valence-electron chi connectivity index (χ0n) is 12.8. The fraction of sp³-hybridized carbons (Fsp3) is 0.533. The van der Waals surface area contributed by atoms with Crippen LogP contribution in [0.25, 0.3) is 0 Å².